The molecule has 1 aromatic carbocycles. The fraction of sp³-hybridized carbons (Fsp3) is 0.385. The van der Waals surface area contributed by atoms with Crippen LogP contribution in [0.2, 0.25) is 0 Å². The Morgan fingerprint density at radius 1 is 1.23 bits per heavy atom. The lowest BCUT2D eigenvalue weighted by Gasteiger charge is -1.91. The van der Waals surface area contributed by atoms with Crippen molar-refractivity contribution < 1.29 is 0 Å². The van der Waals surface area contributed by atoms with Crippen molar-refractivity contribution in [2.75, 3.05) is 0 Å². The monoisotopic (exact) mass is 170 g/mol. The summed E-state index contributed by atoms with van der Waals surface area (Å²) in [6.45, 7) is 2.10. The Bertz CT molecular complexity index is 331. The molecule has 0 bridgehead atoms. The molecule has 0 spiro atoms. The van der Waals surface area contributed by atoms with Gasteiger partial charge in [-0.1, -0.05) is 29.5 Å². The summed E-state index contributed by atoms with van der Waals surface area (Å²) in [4.78, 5) is 0. The largest absolute Gasteiger partial charge is 0.0976 e. The van der Waals surface area contributed by atoms with Crippen molar-refractivity contribution in [2.45, 2.75) is 26.2 Å². The van der Waals surface area contributed by atoms with Gasteiger partial charge in [-0.15, -0.1) is 0 Å². The van der Waals surface area contributed by atoms with Crippen LogP contribution in [0.4, 0.5) is 0 Å². The first-order valence-corrected chi connectivity index (χ1v) is 4.90. The van der Waals surface area contributed by atoms with Crippen molar-refractivity contribution >= 4 is 0 Å². The van der Waals surface area contributed by atoms with Crippen LogP contribution in [0.25, 0.3) is 0 Å². The predicted octanol–water partition coefficient (Wildman–Crippen LogP) is 3.15. The van der Waals surface area contributed by atoms with Gasteiger partial charge in [-0.3, -0.25) is 0 Å². The Balaban J connectivity index is 1.98. The van der Waals surface area contributed by atoms with Gasteiger partial charge in [0.25, 0.3) is 0 Å². The zero-order chi connectivity index (χ0) is 9.10. The van der Waals surface area contributed by atoms with E-state index in [1.807, 2.05) is 0 Å². The molecule has 2 rings (SSSR count). The van der Waals surface area contributed by atoms with E-state index in [9.17, 15) is 0 Å². The molecule has 0 amide bonds. The van der Waals surface area contributed by atoms with E-state index in [0.717, 1.165) is 17.9 Å². The highest BCUT2D eigenvalue weighted by Gasteiger charge is 2.19. The summed E-state index contributed by atoms with van der Waals surface area (Å²) in [5.41, 5.74) is 2.44. The Labute approximate surface area is 80.0 Å². The van der Waals surface area contributed by atoms with Crippen LogP contribution in [0.15, 0.2) is 24.3 Å². The third-order valence-corrected chi connectivity index (χ3v) is 2.37. The van der Waals surface area contributed by atoms with Crippen LogP contribution in [-0.4, -0.2) is 0 Å². The SMILES string of the molecule is Cc1ccc(C#CCC2CC2)cc1. The van der Waals surface area contributed by atoms with Crippen LogP contribution < -0.4 is 0 Å². The summed E-state index contributed by atoms with van der Waals surface area (Å²) >= 11 is 0. The van der Waals surface area contributed by atoms with E-state index in [4.69, 9.17) is 0 Å². The maximum absolute atomic E-state index is 3.23. The molecule has 1 fully saturated rings. The molecule has 0 N–H and O–H groups in total. The molecular weight excluding hydrogens is 156 g/mol. The molecule has 66 valence electrons. The van der Waals surface area contributed by atoms with E-state index in [0.29, 0.717) is 0 Å². The van der Waals surface area contributed by atoms with Gasteiger partial charge < -0.3 is 0 Å². The van der Waals surface area contributed by atoms with Crippen molar-refractivity contribution in [3.8, 4) is 11.8 Å². The van der Waals surface area contributed by atoms with Gasteiger partial charge in [-0.2, -0.15) is 0 Å². The number of aryl methyl sites for hydroxylation is 1. The predicted molar refractivity (Wildman–Crippen MR) is 55.4 cm³/mol. The average molecular weight is 170 g/mol. The van der Waals surface area contributed by atoms with Crippen LogP contribution in [0, 0.1) is 24.7 Å². The summed E-state index contributed by atoms with van der Waals surface area (Å²) in [6.07, 6.45) is 3.87. The second-order valence-electron chi connectivity index (χ2n) is 3.82. The summed E-state index contributed by atoms with van der Waals surface area (Å²) in [5.74, 6) is 7.34. The lowest BCUT2D eigenvalue weighted by molar-refractivity contribution is 0.884. The summed E-state index contributed by atoms with van der Waals surface area (Å²) in [7, 11) is 0. The van der Waals surface area contributed by atoms with Crippen LogP contribution in [0.5, 0.6) is 0 Å². The topological polar surface area (TPSA) is 0 Å². The lowest BCUT2D eigenvalue weighted by atomic mass is 10.1. The standard InChI is InChI=1S/C13H14/c1-11-5-7-12(8-6-11)3-2-4-13-9-10-13/h5-8,13H,4,9-10H2,1H3. The van der Waals surface area contributed by atoms with E-state index < -0.39 is 0 Å². The van der Waals surface area contributed by atoms with Gasteiger partial charge in [0.2, 0.25) is 0 Å². The van der Waals surface area contributed by atoms with Gasteiger partial charge in [0.15, 0.2) is 0 Å². The number of rotatable bonds is 1. The highest BCUT2D eigenvalue weighted by Crippen LogP contribution is 2.31. The van der Waals surface area contributed by atoms with Crippen LogP contribution >= 0.6 is 0 Å². The molecular formula is C13H14. The molecule has 1 aliphatic carbocycles. The summed E-state index contributed by atoms with van der Waals surface area (Å²) in [6, 6.07) is 8.41. The molecule has 0 atom stereocenters. The van der Waals surface area contributed by atoms with Gasteiger partial charge in [-0.25, -0.2) is 0 Å². The molecule has 1 saturated carbocycles. The Morgan fingerprint density at radius 2 is 1.92 bits per heavy atom. The molecule has 0 aliphatic heterocycles. The number of hydrogen-bond donors (Lipinski definition) is 0. The van der Waals surface area contributed by atoms with Crippen molar-refractivity contribution in [3.63, 3.8) is 0 Å². The zero-order valence-electron chi connectivity index (χ0n) is 8.01. The molecule has 0 unspecified atom stereocenters. The zero-order valence-corrected chi connectivity index (χ0v) is 8.01. The molecule has 0 radical (unpaired) electrons. The number of hydrogen-bond acceptors (Lipinski definition) is 0. The maximum atomic E-state index is 3.23. The van der Waals surface area contributed by atoms with Crippen molar-refractivity contribution in [2.24, 2.45) is 5.92 Å². The summed E-state index contributed by atoms with van der Waals surface area (Å²) < 4.78 is 0. The third-order valence-electron chi connectivity index (χ3n) is 2.37. The third kappa shape index (κ3) is 2.63. The summed E-state index contributed by atoms with van der Waals surface area (Å²) in [5, 5.41) is 0. The normalized spacial score (nSPS) is 14.8. The van der Waals surface area contributed by atoms with E-state index in [-0.39, 0.29) is 0 Å². The highest BCUT2D eigenvalue weighted by atomic mass is 14.2. The molecule has 0 saturated heterocycles. The molecule has 1 aromatic rings. The molecule has 0 heteroatoms. The molecule has 0 heterocycles. The van der Waals surface area contributed by atoms with Gasteiger partial charge in [-0.05, 0) is 37.8 Å². The first-order valence-electron chi connectivity index (χ1n) is 4.90. The fourth-order valence-corrected chi connectivity index (χ4v) is 1.26. The smallest absolute Gasteiger partial charge is 0.0245 e. The lowest BCUT2D eigenvalue weighted by Crippen LogP contribution is -1.75. The van der Waals surface area contributed by atoms with Gasteiger partial charge >= 0.3 is 0 Å². The Kier molecular flexibility index (Phi) is 2.36. The van der Waals surface area contributed by atoms with Crippen molar-refractivity contribution in [3.05, 3.63) is 35.4 Å². The second-order valence-corrected chi connectivity index (χ2v) is 3.82. The highest BCUT2D eigenvalue weighted by molar-refractivity contribution is 5.35. The average Bonchev–Trinajstić information content (AvgIpc) is 2.92. The van der Waals surface area contributed by atoms with Gasteiger partial charge in [0.05, 0.1) is 0 Å². The first kappa shape index (κ1) is 8.38. The molecule has 1 aliphatic rings. The van der Waals surface area contributed by atoms with Crippen molar-refractivity contribution in [1.82, 2.24) is 0 Å². The van der Waals surface area contributed by atoms with Crippen LogP contribution in [0.3, 0.4) is 0 Å². The fourth-order valence-electron chi connectivity index (χ4n) is 1.26. The Hall–Kier alpha value is -1.22. The van der Waals surface area contributed by atoms with E-state index in [2.05, 4.69) is 43.0 Å². The first-order chi connectivity index (χ1) is 6.34. The minimum Gasteiger partial charge on any atom is -0.0976 e. The van der Waals surface area contributed by atoms with Crippen LogP contribution in [0.1, 0.15) is 30.4 Å². The minimum atomic E-state index is 0.915. The van der Waals surface area contributed by atoms with E-state index in [1.165, 1.54) is 18.4 Å². The quantitative estimate of drug-likeness (QED) is 0.568. The van der Waals surface area contributed by atoms with Gasteiger partial charge in [0, 0.05) is 12.0 Å². The number of benzene rings is 1. The van der Waals surface area contributed by atoms with Gasteiger partial charge in [0.1, 0.15) is 0 Å². The van der Waals surface area contributed by atoms with E-state index >= 15 is 0 Å². The molecule has 0 nitrogen and oxygen atoms in total. The molecule has 0 aromatic heterocycles. The maximum Gasteiger partial charge on any atom is 0.0245 e. The second kappa shape index (κ2) is 3.66. The minimum absolute atomic E-state index is 0.915. The van der Waals surface area contributed by atoms with Crippen LogP contribution in [-0.2, 0) is 0 Å². The van der Waals surface area contributed by atoms with Crippen molar-refractivity contribution in [1.29, 1.82) is 0 Å². The van der Waals surface area contributed by atoms with E-state index in [1.54, 1.807) is 0 Å². The Morgan fingerprint density at radius 3 is 2.54 bits per heavy atom. The molecule has 13 heavy (non-hydrogen) atoms.